The highest BCUT2D eigenvalue weighted by molar-refractivity contribution is 6.39. The third-order valence-corrected chi connectivity index (χ3v) is 14.4. The maximum Gasteiger partial charge on any atom is 0.329 e. The molecule has 4 N–H and O–H groups in total. The Labute approximate surface area is 397 Å². The topological polar surface area (TPSA) is 199 Å². The first-order valence-electron chi connectivity index (χ1n) is 24.4. The molecule has 0 aromatic heterocycles. The summed E-state index contributed by atoms with van der Waals surface area (Å²) in [5, 5.41) is 30.0. The van der Waals surface area contributed by atoms with Crippen molar-refractivity contribution >= 4 is 35.2 Å². The zero-order chi connectivity index (χ0) is 49.0. The number of nitrogens with one attached hydrogen (secondary N) is 2. The normalized spacial score (nSPS) is 35.6. The van der Waals surface area contributed by atoms with Gasteiger partial charge in [-0.05, 0) is 108 Å². The fraction of sp³-hybridized carbons (Fsp3) is 0.673. The Bertz CT molecular complexity index is 1920. The molecule has 4 aliphatic rings. The van der Waals surface area contributed by atoms with E-state index in [1.54, 1.807) is 32.1 Å². The monoisotopic (exact) mass is 936 g/mol. The molecular formula is C52H77N3O12. The minimum atomic E-state index is -2.53. The minimum absolute atomic E-state index is 0.0153. The van der Waals surface area contributed by atoms with Crippen molar-refractivity contribution < 1.29 is 57.9 Å². The highest BCUT2D eigenvalue weighted by Gasteiger charge is 2.56. The van der Waals surface area contributed by atoms with Crippen molar-refractivity contribution in [1.82, 2.24) is 10.2 Å². The first-order valence-corrected chi connectivity index (χ1v) is 24.4. The number of esters is 1. The first kappa shape index (κ1) is 53.7. The summed E-state index contributed by atoms with van der Waals surface area (Å²) >= 11 is 0. The molecule has 15 heteroatoms. The third-order valence-electron chi connectivity index (χ3n) is 14.4. The number of piperidine rings is 1. The molecule has 3 heterocycles. The van der Waals surface area contributed by atoms with E-state index < -0.39 is 77.8 Å². The number of nitrogens with zero attached hydrogens (tertiary/aromatic N) is 1. The van der Waals surface area contributed by atoms with Gasteiger partial charge in [-0.1, -0.05) is 69.7 Å². The molecule has 1 aliphatic carbocycles. The van der Waals surface area contributed by atoms with Gasteiger partial charge in [-0.2, -0.15) is 0 Å². The van der Waals surface area contributed by atoms with Crippen LogP contribution in [0, 0.1) is 29.6 Å². The fourth-order valence-electron chi connectivity index (χ4n) is 10.6. The lowest BCUT2D eigenvalue weighted by Gasteiger charge is -2.47. The lowest BCUT2D eigenvalue weighted by molar-refractivity contribution is -0.302. The maximum atomic E-state index is 14.6. The highest BCUT2D eigenvalue weighted by atomic mass is 16.7. The van der Waals surface area contributed by atoms with Crippen molar-refractivity contribution in [2.45, 2.75) is 167 Å². The molecule has 0 spiro atoms. The standard InChI is InChI=1S/C52H77N3O12/c1-10-23-65-43-29-36(20-21-39(43)54-51(61)53-38-17-13-12-14-18-38)27-33(5)46-35(7)41(56)30-42(57)37(11-2)25-31(3)24-32(4)26-44(63-8)47-45(64-9)28-34(6)52(62,67-47)48(58)49(59)55-22-16-15-19-40(55)50(60)66-46/h10,12-14,17-18,25,27,32,34-37,39-41,43-47,56,62H,1,11,15-16,19-24,26,28-30H2,2-9H3,(H2,53,54,61). The number of anilines is 1. The van der Waals surface area contributed by atoms with Gasteiger partial charge in [0.15, 0.2) is 0 Å². The van der Waals surface area contributed by atoms with Gasteiger partial charge in [-0.3, -0.25) is 14.4 Å². The summed E-state index contributed by atoms with van der Waals surface area (Å²) in [6, 6.07) is 7.33. The Hall–Kier alpha value is -4.25. The number of aliphatic hydroxyl groups excluding tert-OH is 1. The van der Waals surface area contributed by atoms with Crippen LogP contribution in [0.2, 0.25) is 0 Å². The van der Waals surface area contributed by atoms with E-state index in [9.17, 15) is 34.2 Å². The number of amides is 3. The quantitative estimate of drug-likeness (QED) is 0.108. The number of methoxy groups -OCH3 is 2. The molecule has 67 heavy (non-hydrogen) atoms. The summed E-state index contributed by atoms with van der Waals surface area (Å²) in [4.78, 5) is 71.5. The molecule has 14 unspecified atom stereocenters. The number of allylic oxidation sites excluding steroid dienone is 3. The van der Waals surface area contributed by atoms with Crippen LogP contribution in [0.25, 0.3) is 0 Å². The number of carbonyl (C=O) groups excluding carboxylic acids is 5. The zero-order valence-electron chi connectivity index (χ0n) is 40.9. The average molecular weight is 936 g/mol. The van der Waals surface area contributed by atoms with Crippen LogP contribution >= 0.6 is 0 Å². The van der Waals surface area contributed by atoms with E-state index in [0.29, 0.717) is 62.6 Å². The molecule has 3 fully saturated rings. The van der Waals surface area contributed by atoms with Gasteiger partial charge >= 0.3 is 12.0 Å². The predicted octanol–water partition coefficient (Wildman–Crippen LogP) is 6.86. The molecule has 1 saturated carbocycles. The number of fused-ring (bicyclic) bond motifs is 3. The second-order valence-corrected chi connectivity index (χ2v) is 19.5. The molecule has 3 amide bonds. The second kappa shape index (κ2) is 24.9. The first-order chi connectivity index (χ1) is 31.9. The molecule has 2 saturated heterocycles. The van der Waals surface area contributed by atoms with Gasteiger partial charge in [-0.25, -0.2) is 9.59 Å². The number of carbonyl (C=O) groups is 5. The van der Waals surface area contributed by atoms with Gasteiger partial charge in [0.1, 0.15) is 24.0 Å². The fourth-order valence-corrected chi connectivity index (χ4v) is 10.6. The number of hydrogen-bond donors (Lipinski definition) is 4. The number of cyclic esters (lactones) is 1. The summed E-state index contributed by atoms with van der Waals surface area (Å²) in [6.45, 7) is 15.3. The van der Waals surface area contributed by atoms with Crippen molar-refractivity contribution in [3.8, 4) is 0 Å². The molecule has 14 atom stereocenters. The molecule has 3 aliphatic heterocycles. The summed E-state index contributed by atoms with van der Waals surface area (Å²) in [5.74, 6) is -7.80. The highest BCUT2D eigenvalue weighted by Crippen LogP contribution is 2.39. The Kier molecular flexibility index (Phi) is 19.9. The molecular weight excluding hydrogens is 859 g/mol. The molecule has 1 aromatic rings. The van der Waals surface area contributed by atoms with Gasteiger partial charge in [-0.15, -0.1) is 6.58 Å². The number of aliphatic hydroxyl groups is 2. The van der Waals surface area contributed by atoms with Gasteiger partial charge in [0, 0.05) is 50.6 Å². The van der Waals surface area contributed by atoms with Crippen LogP contribution in [-0.4, -0.2) is 126 Å². The lowest BCUT2D eigenvalue weighted by atomic mass is 9.81. The maximum absolute atomic E-state index is 14.6. The van der Waals surface area contributed by atoms with Gasteiger partial charge in [0.05, 0.1) is 37.1 Å². The van der Waals surface area contributed by atoms with E-state index in [0.717, 1.165) is 5.57 Å². The Morgan fingerprint density at radius 2 is 1.67 bits per heavy atom. The van der Waals surface area contributed by atoms with E-state index in [2.05, 4.69) is 17.2 Å². The predicted molar refractivity (Wildman–Crippen MR) is 254 cm³/mol. The third kappa shape index (κ3) is 13.7. The second-order valence-electron chi connectivity index (χ2n) is 19.5. The number of ether oxygens (including phenoxy) is 5. The summed E-state index contributed by atoms with van der Waals surface area (Å²) < 4.78 is 30.6. The zero-order valence-corrected chi connectivity index (χ0v) is 40.9. The molecule has 15 nitrogen and oxygen atoms in total. The van der Waals surface area contributed by atoms with Crippen LogP contribution in [0.3, 0.4) is 0 Å². The lowest BCUT2D eigenvalue weighted by Crippen LogP contribution is -2.64. The van der Waals surface area contributed by atoms with Gasteiger partial charge in [0.2, 0.25) is 5.79 Å². The van der Waals surface area contributed by atoms with Crippen molar-refractivity contribution in [3.63, 3.8) is 0 Å². The van der Waals surface area contributed by atoms with Crippen LogP contribution < -0.4 is 10.6 Å². The summed E-state index contributed by atoms with van der Waals surface area (Å²) in [5.41, 5.74) is 2.28. The summed E-state index contributed by atoms with van der Waals surface area (Å²) in [6.07, 6.45) is 5.61. The van der Waals surface area contributed by atoms with Crippen molar-refractivity contribution in [2.24, 2.45) is 29.6 Å². The Balaban J connectivity index is 1.47. The van der Waals surface area contributed by atoms with Crippen LogP contribution in [-0.2, 0) is 42.9 Å². The Morgan fingerprint density at radius 1 is 0.970 bits per heavy atom. The SMILES string of the molecule is C=CCOC1CC(C=C(C)C2OC(=O)C3CCCCN3C(=O)C(=O)C3(O)OC(C(OC)CC(C)CC(C)=CC(CC)C(=O)CC(O)C2C)C(OC)CC3C)CCC1NC(=O)Nc1ccccc1. The number of benzene rings is 1. The summed E-state index contributed by atoms with van der Waals surface area (Å²) in [7, 11) is 3.06. The molecule has 1 aromatic carbocycles. The van der Waals surface area contributed by atoms with E-state index in [-0.39, 0.29) is 68.2 Å². The van der Waals surface area contributed by atoms with E-state index in [1.165, 1.54) is 19.1 Å². The van der Waals surface area contributed by atoms with E-state index >= 15 is 0 Å². The number of urea groups is 1. The molecule has 0 radical (unpaired) electrons. The van der Waals surface area contributed by atoms with Crippen LogP contribution in [0.4, 0.5) is 10.5 Å². The van der Waals surface area contributed by atoms with E-state index in [1.807, 2.05) is 58.0 Å². The molecule has 5 rings (SSSR count). The number of rotatable bonds is 10. The largest absolute Gasteiger partial charge is 0.456 e. The van der Waals surface area contributed by atoms with Crippen LogP contribution in [0.15, 0.2) is 66.3 Å². The minimum Gasteiger partial charge on any atom is -0.456 e. The number of ketones is 2. The van der Waals surface area contributed by atoms with E-state index in [4.69, 9.17) is 23.7 Å². The molecule has 2 bridgehead atoms. The number of Topliss-reactive ketones (excluding diaryl/α,β-unsaturated/α-hetero) is 2. The van der Waals surface area contributed by atoms with Crippen LogP contribution in [0.1, 0.15) is 112 Å². The van der Waals surface area contributed by atoms with Crippen LogP contribution in [0.5, 0.6) is 0 Å². The molecule has 372 valence electrons. The van der Waals surface area contributed by atoms with Crippen molar-refractivity contribution in [2.75, 3.05) is 32.7 Å². The smallest absolute Gasteiger partial charge is 0.329 e. The van der Waals surface area contributed by atoms with Crippen molar-refractivity contribution in [1.29, 1.82) is 0 Å². The average Bonchev–Trinajstić information content (AvgIpc) is 3.31. The number of para-hydroxylation sites is 1. The van der Waals surface area contributed by atoms with Crippen molar-refractivity contribution in [3.05, 3.63) is 66.3 Å². The number of hydrogen-bond acceptors (Lipinski definition) is 12. The van der Waals surface area contributed by atoms with Gasteiger partial charge < -0.3 is 49.4 Å². The van der Waals surface area contributed by atoms with Gasteiger partial charge in [0.25, 0.3) is 11.7 Å². The Morgan fingerprint density at radius 3 is 2.34 bits per heavy atom.